The van der Waals surface area contributed by atoms with Crippen molar-refractivity contribution in [1.82, 2.24) is 4.98 Å². The lowest BCUT2D eigenvalue weighted by Gasteiger charge is -2.21. The molecule has 0 aromatic carbocycles. The predicted molar refractivity (Wildman–Crippen MR) is 59.9 cm³/mol. The van der Waals surface area contributed by atoms with E-state index < -0.39 is 0 Å². The second kappa shape index (κ2) is 4.65. The second-order valence-electron chi connectivity index (χ2n) is 3.71. The summed E-state index contributed by atoms with van der Waals surface area (Å²) in [6, 6.07) is 3.79. The Morgan fingerprint density at radius 1 is 1.14 bits per heavy atom. The molecule has 0 atom stereocenters. The predicted octanol–water partition coefficient (Wildman–Crippen LogP) is 3.12. The van der Waals surface area contributed by atoms with Crippen LogP contribution < -0.4 is 4.90 Å². The summed E-state index contributed by atoms with van der Waals surface area (Å²) in [5.41, 5.74) is 0. The fourth-order valence-electron chi connectivity index (χ4n) is 1.89. The van der Waals surface area contributed by atoms with Crippen LogP contribution in [0, 0.1) is 0 Å². The monoisotopic (exact) mass is 210 g/mol. The summed E-state index contributed by atoms with van der Waals surface area (Å²) in [5.74, 6) is 0.955. The Morgan fingerprint density at radius 2 is 1.86 bits per heavy atom. The lowest BCUT2D eigenvalue weighted by molar-refractivity contribution is 0.726. The molecule has 14 heavy (non-hydrogen) atoms. The Labute approximate surface area is 89.9 Å². The van der Waals surface area contributed by atoms with E-state index in [0.717, 1.165) is 23.9 Å². The van der Waals surface area contributed by atoms with Crippen LogP contribution in [0.15, 0.2) is 18.3 Å². The average Bonchev–Trinajstić information content (AvgIpc) is 2.47. The molecule has 0 bridgehead atoms. The third-order valence-corrected chi connectivity index (χ3v) is 2.94. The molecule has 0 saturated carbocycles. The van der Waals surface area contributed by atoms with Gasteiger partial charge >= 0.3 is 0 Å². The third-order valence-electron chi connectivity index (χ3n) is 2.64. The Morgan fingerprint density at radius 3 is 2.50 bits per heavy atom. The van der Waals surface area contributed by atoms with Gasteiger partial charge in [0, 0.05) is 19.3 Å². The lowest BCUT2D eigenvalue weighted by Crippen LogP contribution is -2.25. The Hall–Kier alpha value is -0.760. The first-order valence-corrected chi connectivity index (χ1v) is 5.61. The molecule has 2 nitrogen and oxygen atoms in total. The number of rotatable bonds is 1. The minimum Gasteiger partial charge on any atom is -0.355 e. The summed E-state index contributed by atoms with van der Waals surface area (Å²) in [6.07, 6.45) is 6.99. The minimum absolute atomic E-state index is 0.773. The Balaban J connectivity index is 2.16. The number of pyridine rings is 1. The minimum atomic E-state index is 0.773. The quantitative estimate of drug-likeness (QED) is 0.708. The van der Waals surface area contributed by atoms with Gasteiger partial charge in [0.05, 0.1) is 5.02 Å². The van der Waals surface area contributed by atoms with Crippen molar-refractivity contribution < 1.29 is 0 Å². The van der Waals surface area contributed by atoms with E-state index in [1.807, 2.05) is 18.3 Å². The molecule has 0 unspecified atom stereocenters. The fraction of sp³-hybridized carbons (Fsp3) is 0.545. The first kappa shape index (κ1) is 9.78. The zero-order valence-electron chi connectivity index (χ0n) is 8.25. The molecule has 76 valence electrons. The van der Waals surface area contributed by atoms with Crippen molar-refractivity contribution in [3.63, 3.8) is 0 Å². The SMILES string of the molecule is Clc1cccnc1N1CCCCCC1. The zero-order chi connectivity index (χ0) is 9.80. The van der Waals surface area contributed by atoms with E-state index >= 15 is 0 Å². The Bertz CT molecular complexity index is 293. The highest BCUT2D eigenvalue weighted by molar-refractivity contribution is 6.32. The molecule has 0 N–H and O–H groups in total. The molecular weight excluding hydrogens is 196 g/mol. The normalized spacial score (nSPS) is 17.9. The molecule has 1 aliphatic heterocycles. The molecule has 2 rings (SSSR count). The molecule has 1 aromatic heterocycles. The van der Waals surface area contributed by atoms with E-state index in [-0.39, 0.29) is 0 Å². The van der Waals surface area contributed by atoms with Gasteiger partial charge in [0.25, 0.3) is 0 Å². The van der Waals surface area contributed by atoms with Gasteiger partial charge in [-0.05, 0) is 25.0 Å². The zero-order valence-corrected chi connectivity index (χ0v) is 9.00. The van der Waals surface area contributed by atoms with Gasteiger partial charge in [0.2, 0.25) is 0 Å². The Kier molecular flexibility index (Phi) is 3.25. The van der Waals surface area contributed by atoms with Gasteiger partial charge in [-0.3, -0.25) is 0 Å². The van der Waals surface area contributed by atoms with Crippen LogP contribution in [0.2, 0.25) is 5.02 Å². The van der Waals surface area contributed by atoms with Gasteiger partial charge in [0.15, 0.2) is 0 Å². The van der Waals surface area contributed by atoms with Crippen LogP contribution in [0.25, 0.3) is 0 Å². The number of aromatic nitrogens is 1. The van der Waals surface area contributed by atoms with Crippen LogP contribution in [0.3, 0.4) is 0 Å². The molecule has 0 aliphatic carbocycles. The van der Waals surface area contributed by atoms with E-state index in [9.17, 15) is 0 Å². The van der Waals surface area contributed by atoms with Gasteiger partial charge in [-0.25, -0.2) is 4.98 Å². The molecular formula is C11H15ClN2. The molecule has 2 heterocycles. The summed E-state index contributed by atoms with van der Waals surface area (Å²) in [6.45, 7) is 2.19. The second-order valence-corrected chi connectivity index (χ2v) is 4.12. The first-order valence-electron chi connectivity index (χ1n) is 5.23. The molecule has 1 fully saturated rings. The van der Waals surface area contributed by atoms with E-state index in [0.29, 0.717) is 0 Å². The summed E-state index contributed by atoms with van der Waals surface area (Å²) in [4.78, 5) is 6.64. The fourth-order valence-corrected chi connectivity index (χ4v) is 2.13. The van der Waals surface area contributed by atoms with Crippen LogP contribution in [0.5, 0.6) is 0 Å². The number of anilines is 1. The van der Waals surface area contributed by atoms with Crippen molar-refractivity contribution in [2.75, 3.05) is 18.0 Å². The first-order chi connectivity index (χ1) is 6.88. The van der Waals surface area contributed by atoms with Crippen molar-refractivity contribution in [1.29, 1.82) is 0 Å². The van der Waals surface area contributed by atoms with Crippen molar-refractivity contribution in [3.05, 3.63) is 23.4 Å². The highest BCUT2D eigenvalue weighted by atomic mass is 35.5. The molecule has 3 heteroatoms. The van der Waals surface area contributed by atoms with E-state index in [2.05, 4.69) is 9.88 Å². The van der Waals surface area contributed by atoms with Crippen LogP contribution in [-0.4, -0.2) is 18.1 Å². The van der Waals surface area contributed by atoms with Crippen molar-refractivity contribution in [2.45, 2.75) is 25.7 Å². The third kappa shape index (κ3) is 2.18. The van der Waals surface area contributed by atoms with Crippen LogP contribution >= 0.6 is 11.6 Å². The molecule has 0 amide bonds. The molecule has 0 spiro atoms. The maximum atomic E-state index is 6.11. The number of nitrogens with zero attached hydrogens (tertiary/aromatic N) is 2. The summed E-state index contributed by atoms with van der Waals surface area (Å²) >= 11 is 6.11. The molecule has 1 aromatic rings. The van der Waals surface area contributed by atoms with Gasteiger partial charge in [-0.15, -0.1) is 0 Å². The van der Waals surface area contributed by atoms with E-state index in [1.165, 1.54) is 25.7 Å². The van der Waals surface area contributed by atoms with Gasteiger partial charge in [-0.2, -0.15) is 0 Å². The highest BCUT2D eigenvalue weighted by Gasteiger charge is 2.12. The van der Waals surface area contributed by atoms with Crippen LogP contribution in [0.1, 0.15) is 25.7 Å². The standard InChI is InChI=1S/C11H15ClN2/c12-10-6-5-7-13-11(10)14-8-3-1-2-4-9-14/h5-7H,1-4,8-9H2. The van der Waals surface area contributed by atoms with Crippen molar-refractivity contribution >= 4 is 17.4 Å². The molecule has 1 saturated heterocycles. The topological polar surface area (TPSA) is 16.1 Å². The van der Waals surface area contributed by atoms with Gasteiger partial charge in [0.1, 0.15) is 5.82 Å². The van der Waals surface area contributed by atoms with Crippen LogP contribution in [0.4, 0.5) is 5.82 Å². The summed E-state index contributed by atoms with van der Waals surface area (Å²) < 4.78 is 0. The smallest absolute Gasteiger partial charge is 0.147 e. The number of halogens is 1. The van der Waals surface area contributed by atoms with Crippen molar-refractivity contribution in [2.24, 2.45) is 0 Å². The van der Waals surface area contributed by atoms with Gasteiger partial charge in [-0.1, -0.05) is 24.4 Å². The van der Waals surface area contributed by atoms with E-state index in [1.54, 1.807) is 0 Å². The van der Waals surface area contributed by atoms with Crippen LogP contribution in [-0.2, 0) is 0 Å². The highest BCUT2D eigenvalue weighted by Crippen LogP contribution is 2.24. The largest absolute Gasteiger partial charge is 0.355 e. The number of hydrogen-bond donors (Lipinski definition) is 0. The number of hydrogen-bond acceptors (Lipinski definition) is 2. The maximum absolute atomic E-state index is 6.11. The van der Waals surface area contributed by atoms with Crippen molar-refractivity contribution in [3.8, 4) is 0 Å². The summed E-state index contributed by atoms with van der Waals surface area (Å²) in [7, 11) is 0. The lowest BCUT2D eigenvalue weighted by atomic mass is 10.2. The maximum Gasteiger partial charge on any atom is 0.147 e. The van der Waals surface area contributed by atoms with E-state index in [4.69, 9.17) is 11.6 Å². The molecule has 1 aliphatic rings. The van der Waals surface area contributed by atoms with Gasteiger partial charge < -0.3 is 4.90 Å². The average molecular weight is 211 g/mol. The summed E-state index contributed by atoms with van der Waals surface area (Å²) in [5, 5.41) is 0.773. The molecule has 0 radical (unpaired) electrons.